The molecule has 4 aromatic rings. The van der Waals surface area contributed by atoms with Gasteiger partial charge in [-0.3, -0.25) is 4.79 Å². The fourth-order valence-electron chi connectivity index (χ4n) is 3.48. The summed E-state index contributed by atoms with van der Waals surface area (Å²) >= 11 is 1.44. The third-order valence-corrected chi connectivity index (χ3v) is 6.41. The zero-order valence-electron chi connectivity index (χ0n) is 17.0. The summed E-state index contributed by atoms with van der Waals surface area (Å²) in [7, 11) is 1.84. The number of carbonyl (C=O) groups excluding carboxylic acids is 1. The molecule has 4 rings (SSSR count). The highest BCUT2D eigenvalue weighted by Gasteiger charge is 2.24. The third kappa shape index (κ3) is 3.40. The highest BCUT2D eigenvalue weighted by Crippen LogP contribution is 2.33. The Balaban J connectivity index is 1.61. The Bertz CT molecular complexity index is 1180. The quantitative estimate of drug-likeness (QED) is 0.511. The minimum absolute atomic E-state index is 0.00425. The number of hydrogen-bond donors (Lipinski definition) is 0. The summed E-state index contributed by atoms with van der Waals surface area (Å²) < 4.78 is 1.70. The summed E-state index contributed by atoms with van der Waals surface area (Å²) in [5.41, 5.74) is 3.85. The van der Waals surface area contributed by atoms with Crippen LogP contribution in [-0.2, 0) is 0 Å². The van der Waals surface area contributed by atoms with Crippen LogP contribution >= 0.6 is 11.3 Å². The van der Waals surface area contributed by atoms with E-state index in [9.17, 15) is 4.79 Å². The predicted molar refractivity (Wildman–Crippen MR) is 113 cm³/mol. The Labute approximate surface area is 173 Å². The second kappa shape index (κ2) is 7.36. The van der Waals surface area contributed by atoms with Gasteiger partial charge < -0.3 is 4.90 Å². The first-order chi connectivity index (χ1) is 13.9. The first kappa shape index (κ1) is 19.2. The van der Waals surface area contributed by atoms with Crippen LogP contribution in [0.3, 0.4) is 0 Å². The molecule has 0 aliphatic rings. The molecule has 0 aliphatic carbocycles. The molecule has 1 amide bonds. The van der Waals surface area contributed by atoms with Crippen LogP contribution in [0.5, 0.6) is 0 Å². The van der Waals surface area contributed by atoms with E-state index in [4.69, 9.17) is 0 Å². The maximum atomic E-state index is 13.3. The van der Waals surface area contributed by atoms with Gasteiger partial charge in [-0.2, -0.15) is 5.10 Å². The monoisotopic (exact) mass is 406 g/mol. The summed E-state index contributed by atoms with van der Waals surface area (Å²) in [6, 6.07) is 7.91. The van der Waals surface area contributed by atoms with Crippen LogP contribution in [0.25, 0.3) is 15.9 Å². The zero-order chi connectivity index (χ0) is 20.7. The minimum atomic E-state index is -0.0779. The topological polar surface area (TPSA) is 76.8 Å². The molecule has 1 atom stereocenters. The van der Waals surface area contributed by atoms with Gasteiger partial charge in [-0.15, -0.1) is 11.3 Å². The average Bonchev–Trinajstić information content (AvgIpc) is 3.35. The van der Waals surface area contributed by atoms with Crippen LogP contribution in [0.2, 0.25) is 0 Å². The van der Waals surface area contributed by atoms with Gasteiger partial charge in [0.2, 0.25) is 0 Å². The molecule has 0 saturated heterocycles. The van der Waals surface area contributed by atoms with E-state index >= 15 is 0 Å². The molecule has 3 heterocycles. The van der Waals surface area contributed by atoms with Crippen molar-refractivity contribution < 1.29 is 4.79 Å². The standard InChI is InChI=1S/C21H22N6OS/c1-12-18-13(2)24-15(4)25-20(18)29-19(12)21(28)26(5)14(3)16-6-8-17(9-7-16)27-11-22-10-23-27/h6-11,14H,1-5H3. The highest BCUT2D eigenvalue weighted by atomic mass is 32.1. The molecule has 7 nitrogen and oxygen atoms in total. The first-order valence-corrected chi connectivity index (χ1v) is 10.1. The Hall–Kier alpha value is -3.13. The van der Waals surface area contributed by atoms with Crippen molar-refractivity contribution in [2.24, 2.45) is 0 Å². The number of amides is 1. The fourth-order valence-corrected chi connectivity index (χ4v) is 4.74. The molecule has 0 aliphatic heterocycles. The van der Waals surface area contributed by atoms with Crippen LogP contribution in [0.15, 0.2) is 36.9 Å². The fraction of sp³-hybridized carbons (Fsp3) is 0.286. The maximum Gasteiger partial charge on any atom is 0.264 e. The number of hydrogen-bond acceptors (Lipinski definition) is 6. The smallest absolute Gasteiger partial charge is 0.264 e. The van der Waals surface area contributed by atoms with Crippen molar-refractivity contribution in [1.29, 1.82) is 0 Å². The van der Waals surface area contributed by atoms with Gasteiger partial charge in [0.15, 0.2) is 0 Å². The minimum Gasteiger partial charge on any atom is -0.334 e. The van der Waals surface area contributed by atoms with E-state index in [-0.39, 0.29) is 11.9 Å². The van der Waals surface area contributed by atoms with Crippen LogP contribution in [0.4, 0.5) is 0 Å². The Kier molecular flexibility index (Phi) is 4.87. The number of rotatable bonds is 4. The number of carbonyl (C=O) groups is 1. The van der Waals surface area contributed by atoms with E-state index in [0.717, 1.165) is 43.4 Å². The molecule has 0 radical (unpaired) electrons. The van der Waals surface area contributed by atoms with Crippen molar-refractivity contribution in [2.45, 2.75) is 33.7 Å². The number of benzene rings is 1. The lowest BCUT2D eigenvalue weighted by Gasteiger charge is -2.25. The van der Waals surface area contributed by atoms with Crippen LogP contribution in [0.1, 0.15) is 45.3 Å². The van der Waals surface area contributed by atoms with E-state index in [1.165, 1.54) is 17.7 Å². The molecule has 0 saturated carbocycles. The van der Waals surface area contributed by atoms with Crippen LogP contribution in [0, 0.1) is 20.8 Å². The van der Waals surface area contributed by atoms with E-state index in [1.807, 2.05) is 59.0 Å². The van der Waals surface area contributed by atoms with Gasteiger partial charge in [0.05, 0.1) is 16.6 Å². The third-order valence-electron chi connectivity index (χ3n) is 5.24. The van der Waals surface area contributed by atoms with Crippen molar-refractivity contribution in [3.8, 4) is 5.69 Å². The summed E-state index contributed by atoms with van der Waals surface area (Å²) in [6.07, 6.45) is 3.16. The van der Waals surface area contributed by atoms with E-state index in [2.05, 4.69) is 20.1 Å². The molecule has 1 aromatic carbocycles. The average molecular weight is 407 g/mol. The number of aromatic nitrogens is 5. The molecular formula is C21H22N6OS. The van der Waals surface area contributed by atoms with E-state index < -0.39 is 0 Å². The van der Waals surface area contributed by atoms with E-state index in [0.29, 0.717) is 0 Å². The normalized spacial score (nSPS) is 12.3. The van der Waals surface area contributed by atoms with Crippen LogP contribution in [-0.4, -0.2) is 42.6 Å². The van der Waals surface area contributed by atoms with Gasteiger partial charge in [-0.1, -0.05) is 12.1 Å². The summed E-state index contributed by atoms with van der Waals surface area (Å²) in [6.45, 7) is 7.84. The highest BCUT2D eigenvalue weighted by molar-refractivity contribution is 7.20. The summed E-state index contributed by atoms with van der Waals surface area (Å²) in [4.78, 5) is 29.6. The first-order valence-electron chi connectivity index (χ1n) is 9.33. The van der Waals surface area contributed by atoms with Gasteiger partial charge in [-0.25, -0.2) is 19.6 Å². The van der Waals surface area contributed by atoms with Crippen molar-refractivity contribution in [3.63, 3.8) is 0 Å². The van der Waals surface area contributed by atoms with Crippen molar-refractivity contribution >= 4 is 27.5 Å². The van der Waals surface area contributed by atoms with Crippen LogP contribution < -0.4 is 0 Å². The van der Waals surface area contributed by atoms with Gasteiger partial charge in [0.1, 0.15) is 23.3 Å². The molecule has 0 bridgehead atoms. The van der Waals surface area contributed by atoms with Crippen molar-refractivity contribution in [1.82, 2.24) is 29.6 Å². The molecular weight excluding hydrogens is 384 g/mol. The van der Waals surface area contributed by atoms with Gasteiger partial charge in [0.25, 0.3) is 5.91 Å². The second-order valence-corrected chi connectivity index (χ2v) is 8.12. The van der Waals surface area contributed by atoms with Gasteiger partial charge >= 0.3 is 0 Å². The predicted octanol–water partition coefficient (Wildman–Crippen LogP) is 4.03. The lowest BCUT2D eigenvalue weighted by molar-refractivity contribution is 0.0747. The molecule has 148 valence electrons. The summed E-state index contributed by atoms with van der Waals surface area (Å²) in [5, 5.41) is 5.13. The Morgan fingerprint density at radius 2 is 1.86 bits per heavy atom. The lowest BCUT2D eigenvalue weighted by Crippen LogP contribution is -2.29. The molecule has 0 fully saturated rings. The molecule has 1 unspecified atom stereocenters. The number of fused-ring (bicyclic) bond motifs is 1. The molecule has 0 spiro atoms. The Morgan fingerprint density at radius 1 is 1.14 bits per heavy atom. The number of nitrogens with zero attached hydrogens (tertiary/aromatic N) is 6. The molecule has 8 heteroatoms. The molecule has 29 heavy (non-hydrogen) atoms. The maximum absolute atomic E-state index is 13.3. The van der Waals surface area contributed by atoms with Crippen molar-refractivity contribution in [2.75, 3.05) is 7.05 Å². The SMILES string of the molecule is Cc1nc(C)c2c(C)c(C(=O)N(C)C(C)c3ccc(-n4cncn4)cc3)sc2n1. The van der Waals surface area contributed by atoms with Crippen molar-refractivity contribution in [3.05, 3.63) is 64.4 Å². The number of thiophene rings is 1. The zero-order valence-corrected chi connectivity index (χ0v) is 17.9. The largest absolute Gasteiger partial charge is 0.334 e. The van der Waals surface area contributed by atoms with Gasteiger partial charge in [0, 0.05) is 18.1 Å². The summed E-state index contributed by atoms with van der Waals surface area (Å²) in [5.74, 6) is 0.722. The second-order valence-electron chi connectivity index (χ2n) is 7.12. The molecule has 3 aromatic heterocycles. The lowest BCUT2D eigenvalue weighted by atomic mass is 10.1. The Morgan fingerprint density at radius 3 is 2.52 bits per heavy atom. The van der Waals surface area contributed by atoms with E-state index in [1.54, 1.807) is 15.9 Å². The number of aryl methyl sites for hydroxylation is 3. The van der Waals surface area contributed by atoms with Gasteiger partial charge in [-0.05, 0) is 51.0 Å². The molecule has 0 N–H and O–H groups in total.